The fourth-order valence-electron chi connectivity index (χ4n) is 2.57. The quantitative estimate of drug-likeness (QED) is 0.583. The van der Waals surface area contributed by atoms with Gasteiger partial charge in [-0.2, -0.15) is 0 Å². The second-order valence-corrected chi connectivity index (χ2v) is 7.93. The van der Waals surface area contributed by atoms with Crippen molar-refractivity contribution in [1.29, 1.82) is 0 Å². The minimum absolute atomic E-state index is 0.445. The Morgan fingerprint density at radius 3 is 2.84 bits per heavy atom. The molecule has 0 radical (unpaired) electrons. The highest BCUT2D eigenvalue weighted by molar-refractivity contribution is 7.99. The first-order valence-corrected chi connectivity index (χ1v) is 9.49. The number of hydrogen-bond acceptors (Lipinski definition) is 6. The van der Waals surface area contributed by atoms with Crippen molar-refractivity contribution in [1.82, 2.24) is 24.7 Å². The molecule has 3 heterocycles. The first-order valence-electron chi connectivity index (χ1n) is 8.29. The van der Waals surface area contributed by atoms with Crippen LogP contribution >= 0.6 is 23.4 Å². The van der Waals surface area contributed by atoms with Crippen LogP contribution in [-0.2, 0) is 6.54 Å². The molecule has 1 aliphatic rings. The van der Waals surface area contributed by atoms with Crippen LogP contribution in [0.1, 0.15) is 38.4 Å². The van der Waals surface area contributed by atoms with E-state index in [4.69, 9.17) is 16.0 Å². The van der Waals surface area contributed by atoms with E-state index in [1.807, 2.05) is 12.1 Å². The summed E-state index contributed by atoms with van der Waals surface area (Å²) in [5.74, 6) is 3.16. The summed E-state index contributed by atoms with van der Waals surface area (Å²) in [4.78, 5) is 8.98. The Labute approximate surface area is 155 Å². The van der Waals surface area contributed by atoms with Crippen molar-refractivity contribution in [3.8, 4) is 11.6 Å². The largest absolute Gasteiger partial charge is 0.461 e. The average molecular weight is 376 g/mol. The van der Waals surface area contributed by atoms with Crippen LogP contribution in [0.3, 0.4) is 0 Å². The number of halogens is 1. The van der Waals surface area contributed by atoms with Crippen molar-refractivity contribution in [2.24, 2.45) is 5.92 Å². The third-order valence-electron chi connectivity index (χ3n) is 3.83. The van der Waals surface area contributed by atoms with Gasteiger partial charge in [-0.3, -0.25) is 4.57 Å². The van der Waals surface area contributed by atoms with Crippen LogP contribution in [-0.4, -0.2) is 24.7 Å². The topological polar surface area (TPSA) is 69.6 Å². The maximum Gasteiger partial charge on any atom is 0.200 e. The molecule has 3 aromatic heterocycles. The summed E-state index contributed by atoms with van der Waals surface area (Å²) in [5.41, 5.74) is 0. The van der Waals surface area contributed by atoms with Gasteiger partial charge in [0.1, 0.15) is 16.0 Å². The summed E-state index contributed by atoms with van der Waals surface area (Å²) in [6.45, 7) is 5.11. The first-order chi connectivity index (χ1) is 12.1. The van der Waals surface area contributed by atoms with Crippen LogP contribution < -0.4 is 0 Å². The van der Waals surface area contributed by atoms with Crippen molar-refractivity contribution in [3.05, 3.63) is 35.4 Å². The molecule has 0 aliphatic heterocycles. The van der Waals surface area contributed by atoms with Crippen LogP contribution in [0.25, 0.3) is 11.6 Å². The molecular weight excluding hydrogens is 358 g/mol. The Hall–Kier alpha value is -1.86. The van der Waals surface area contributed by atoms with E-state index in [-0.39, 0.29) is 0 Å². The zero-order valence-electron chi connectivity index (χ0n) is 14.0. The van der Waals surface area contributed by atoms with E-state index in [1.165, 1.54) is 11.8 Å². The SMILES string of the molecule is CC(C)Cn1c(Sc2cc(Cl)nc(C3CC3)n2)nnc1-c1ccco1. The summed E-state index contributed by atoms with van der Waals surface area (Å²) < 4.78 is 7.57. The predicted molar refractivity (Wildman–Crippen MR) is 95.7 cm³/mol. The Morgan fingerprint density at radius 2 is 2.16 bits per heavy atom. The van der Waals surface area contributed by atoms with Crippen LogP contribution in [0.5, 0.6) is 0 Å². The number of hydrogen-bond donors (Lipinski definition) is 0. The molecular formula is C17H18ClN5OS. The molecule has 1 fully saturated rings. The Bertz CT molecular complexity index is 873. The molecule has 0 spiro atoms. The molecule has 0 bridgehead atoms. The molecule has 0 saturated heterocycles. The van der Waals surface area contributed by atoms with E-state index in [2.05, 4.69) is 38.6 Å². The molecule has 6 nitrogen and oxygen atoms in total. The number of furan rings is 1. The molecule has 1 saturated carbocycles. The summed E-state index contributed by atoms with van der Waals surface area (Å²) in [6.07, 6.45) is 3.91. The maximum absolute atomic E-state index is 6.18. The molecule has 0 amide bonds. The third kappa shape index (κ3) is 3.72. The van der Waals surface area contributed by atoms with Crippen LogP contribution in [0, 0.1) is 5.92 Å². The minimum atomic E-state index is 0.445. The summed E-state index contributed by atoms with van der Waals surface area (Å²) in [6, 6.07) is 5.52. The Balaban J connectivity index is 1.68. The van der Waals surface area contributed by atoms with Gasteiger partial charge in [-0.1, -0.05) is 25.4 Å². The van der Waals surface area contributed by atoms with Gasteiger partial charge in [-0.05, 0) is 42.7 Å². The molecule has 130 valence electrons. The Kier molecular flexibility index (Phi) is 4.52. The molecule has 25 heavy (non-hydrogen) atoms. The monoisotopic (exact) mass is 375 g/mol. The van der Waals surface area contributed by atoms with Crippen molar-refractivity contribution >= 4 is 23.4 Å². The van der Waals surface area contributed by atoms with E-state index in [0.29, 0.717) is 22.7 Å². The van der Waals surface area contributed by atoms with E-state index < -0.39 is 0 Å². The number of nitrogens with zero attached hydrogens (tertiary/aromatic N) is 5. The van der Waals surface area contributed by atoms with Crippen LogP contribution in [0.4, 0.5) is 0 Å². The smallest absolute Gasteiger partial charge is 0.200 e. The second-order valence-electron chi connectivity index (χ2n) is 6.55. The predicted octanol–water partition coefficient (Wildman–Crippen LogP) is 4.67. The van der Waals surface area contributed by atoms with Crippen molar-refractivity contribution < 1.29 is 4.42 Å². The molecule has 8 heteroatoms. The third-order valence-corrected chi connectivity index (χ3v) is 4.93. The molecule has 3 aromatic rings. The number of aromatic nitrogens is 5. The molecule has 0 aromatic carbocycles. The van der Waals surface area contributed by atoms with E-state index in [0.717, 1.165) is 41.2 Å². The van der Waals surface area contributed by atoms with Gasteiger partial charge in [0, 0.05) is 18.5 Å². The van der Waals surface area contributed by atoms with Gasteiger partial charge in [0.2, 0.25) is 0 Å². The lowest BCUT2D eigenvalue weighted by Gasteiger charge is -2.11. The van der Waals surface area contributed by atoms with Crippen molar-refractivity contribution in [3.63, 3.8) is 0 Å². The standard InChI is InChI=1S/C17H18ClN5OS/c1-10(2)9-23-16(12-4-3-7-24-12)21-22-17(23)25-14-8-13(18)19-15(20-14)11-5-6-11/h3-4,7-8,10-11H,5-6,9H2,1-2H3. The highest BCUT2D eigenvalue weighted by atomic mass is 35.5. The van der Waals surface area contributed by atoms with Gasteiger partial charge < -0.3 is 4.42 Å². The fraction of sp³-hybridized carbons (Fsp3) is 0.412. The summed E-state index contributed by atoms with van der Waals surface area (Å²) in [5, 5.41) is 10.7. The van der Waals surface area contributed by atoms with Gasteiger partial charge in [0.15, 0.2) is 16.7 Å². The van der Waals surface area contributed by atoms with Gasteiger partial charge >= 0.3 is 0 Å². The zero-order valence-corrected chi connectivity index (χ0v) is 15.6. The van der Waals surface area contributed by atoms with E-state index >= 15 is 0 Å². The number of rotatable bonds is 6. The maximum atomic E-state index is 6.18. The van der Waals surface area contributed by atoms with Gasteiger partial charge in [-0.15, -0.1) is 10.2 Å². The summed E-state index contributed by atoms with van der Waals surface area (Å²) >= 11 is 7.64. The van der Waals surface area contributed by atoms with Crippen molar-refractivity contribution in [2.75, 3.05) is 0 Å². The first kappa shape index (κ1) is 16.6. The molecule has 0 unspecified atom stereocenters. The second kappa shape index (κ2) is 6.80. The molecule has 0 N–H and O–H groups in total. The van der Waals surface area contributed by atoms with Crippen LogP contribution in [0.2, 0.25) is 5.15 Å². The highest BCUT2D eigenvalue weighted by Gasteiger charge is 2.27. The normalized spacial score (nSPS) is 14.4. The van der Waals surface area contributed by atoms with Crippen LogP contribution in [0.15, 0.2) is 39.1 Å². The fourth-order valence-corrected chi connectivity index (χ4v) is 3.67. The molecule has 1 aliphatic carbocycles. The molecule has 0 atom stereocenters. The highest BCUT2D eigenvalue weighted by Crippen LogP contribution is 2.39. The summed E-state index contributed by atoms with van der Waals surface area (Å²) in [7, 11) is 0. The van der Waals surface area contributed by atoms with Gasteiger partial charge in [0.25, 0.3) is 0 Å². The lowest BCUT2D eigenvalue weighted by atomic mass is 10.2. The zero-order chi connectivity index (χ0) is 17.4. The van der Waals surface area contributed by atoms with Gasteiger partial charge in [-0.25, -0.2) is 9.97 Å². The lowest BCUT2D eigenvalue weighted by molar-refractivity contribution is 0.489. The van der Waals surface area contributed by atoms with Crippen molar-refractivity contribution in [2.45, 2.75) is 49.3 Å². The lowest BCUT2D eigenvalue weighted by Crippen LogP contribution is -2.07. The van der Waals surface area contributed by atoms with E-state index in [1.54, 1.807) is 12.3 Å². The minimum Gasteiger partial charge on any atom is -0.461 e. The van der Waals surface area contributed by atoms with E-state index in [9.17, 15) is 0 Å². The molecule has 4 rings (SSSR count). The Morgan fingerprint density at radius 1 is 1.32 bits per heavy atom. The average Bonchev–Trinajstić information content (AvgIpc) is 3.15. The van der Waals surface area contributed by atoms with Gasteiger partial charge in [0.05, 0.1) is 6.26 Å².